The van der Waals surface area contributed by atoms with E-state index >= 15 is 0 Å². The molecule has 2 aromatic rings. The highest BCUT2D eigenvalue weighted by atomic mass is 79.9. The van der Waals surface area contributed by atoms with Crippen LogP contribution in [-0.4, -0.2) is 0 Å². The minimum atomic E-state index is -0.254. The molecular weight excluding hydrogens is 375 g/mol. The summed E-state index contributed by atoms with van der Waals surface area (Å²) in [5, 5.41) is 0.713. The third-order valence-corrected chi connectivity index (χ3v) is 3.85. The lowest BCUT2D eigenvalue weighted by Gasteiger charge is -2.11. The van der Waals surface area contributed by atoms with Crippen LogP contribution in [0.15, 0.2) is 40.9 Å². The minimum Gasteiger partial charge on any atom is -0.488 e. The lowest BCUT2D eigenvalue weighted by Crippen LogP contribution is -2.00. The molecule has 2 rings (SSSR count). The van der Waals surface area contributed by atoms with Crippen molar-refractivity contribution in [2.45, 2.75) is 18.9 Å². The van der Waals surface area contributed by atoms with Crippen LogP contribution in [0.25, 0.3) is 0 Å². The van der Waals surface area contributed by atoms with Crippen molar-refractivity contribution in [2.24, 2.45) is 0 Å². The van der Waals surface area contributed by atoms with E-state index in [2.05, 4.69) is 37.9 Å². The van der Waals surface area contributed by atoms with E-state index in [1.165, 1.54) is 11.6 Å². The molecule has 0 N–H and O–H groups in total. The van der Waals surface area contributed by atoms with Crippen LogP contribution in [0.3, 0.4) is 0 Å². The van der Waals surface area contributed by atoms with Crippen molar-refractivity contribution in [1.29, 1.82) is 0 Å². The van der Waals surface area contributed by atoms with Crippen LogP contribution in [0.4, 0.5) is 4.39 Å². The van der Waals surface area contributed by atoms with Crippen molar-refractivity contribution in [3.63, 3.8) is 0 Å². The second-order valence-corrected chi connectivity index (χ2v) is 5.75. The van der Waals surface area contributed by atoms with Crippen LogP contribution >= 0.6 is 31.9 Å². The fraction of sp³-hybridized carbons (Fsp3) is 0.200. The molecule has 0 radical (unpaired) electrons. The summed E-state index contributed by atoms with van der Waals surface area (Å²) in [6, 6.07) is 10.8. The van der Waals surface area contributed by atoms with Crippen molar-refractivity contribution in [3.8, 4) is 5.75 Å². The molecule has 0 heterocycles. The Hall–Kier alpha value is -0.870. The van der Waals surface area contributed by atoms with E-state index in [-0.39, 0.29) is 12.4 Å². The molecule has 4 heteroatoms. The summed E-state index contributed by atoms with van der Waals surface area (Å²) in [6.45, 7) is 2.25. The maximum Gasteiger partial charge on any atom is 0.129 e. The van der Waals surface area contributed by atoms with Crippen molar-refractivity contribution in [1.82, 2.24) is 0 Å². The minimum absolute atomic E-state index is 0.217. The zero-order valence-electron chi connectivity index (χ0n) is 10.4. The Kier molecular flexibility index (Phi) is 4.99. The summed E-state index contributed by atoms with van der Waals surface area (Å²) in [4.78, 5) is 0. The molecule has 0 spiro atoms. The van der Waals surface area contributed by atoms with Crippen molar-refractivity contribution >= 4 is 31.9 Å². The van der Waals surface area contributed by atoms with Gasteiger partial charge in [-0.05, 0) is 31.2 Å². The van der Waals surface area contributed by atoms with Crippen LogP contribution in [0.5, 0.6) is 5.75 Å². The Morgan fingerprint density at radius 2 is 1.89 bits per heavy atom. The van der Waals surface area contributed by atoms with E-state index in [1.54, 1.807) is 12.1 Å². The molecule has 0 fully saturated rings. The van der Waals surface area contributed by atoms with E-state index in [0.29, 0.717) is 10.9 Å². The zero-order chi connectivity index (χ0) is 13.8. The zero-order valence-corrected chi connectivity index (χ0v) is 13.6. The largest absolute Gasteiger partial charge is 0.488 e. The number of aryl methyl sites for hydroxylation is 1. The molecule has 0 saturated carbocycles. The van der Waals surface area contributed by atoms with E-state index in [9.17, 15) is 4.39 Å². The number of alkyl halides is 1. The Bertz CT molecular complexity index is 584. The van der Waals surface area contributed by atoms with Gasteiger partial charge in [-0.15, -0.1) is 0 Å². The third kappa shape index (κ3) is 3.80. The van der Waals surface area contributed by atoms with Gasteiger partial charge in [0, 0.05) is 20.9 Å². The average Bonchev–Trinajstić information content (AvgIpc) is 2.40. The van der Waals surface area contributed by atoms with Crippen molar-refractivity contribution in [2.75, 3.05) is 0 Å². The topological polar surface area (TPSA) is 9.23 Å². The molecule has 0 aliphatic rings. The van der Waals surface area contributed by atoms with Crippen molar-refractivity contribution in [3.05, 3.63) is 63.4 Å². The summed E-state index contributed by atoms with van der Waals surface area (Å²) in [5.74, 6) is 0.526. The van der Waals surface area contributed by atoms with Crippen LogP contribution in [0.2, 0.25) is 0 Å². The van der Waals surface area contributed by atoms with Crippen LogP contribution < -0.4 is 4.74 Å². The Morgan fingerprint density at radius 1 is 1.11 bits per heavy atom. The quantitative estimate of drug-likeness (QED) is 0.640. The van der Waals surface area contributed by atoms with Crippen LogP contribution in [0.1, 0.15) is 16.7 Å². The monoisotopic (exact) mass is 386 g/mol. The maximum absolute atomic E-state index is 13.6. The molecule has 0 atom stereocenters. The first-order valence-corrected chi connectivity index (χ1v) is 7.74. The Balaban J connectivity index is 2.16. The van der Waals surface area contributed by atoms with Gasteiger partial charge in [-0.3, -0.25) is 0 Å². The molecule has 100 valence electrons. The second-order valence-electron chi connectivity index (χ2n) is 4.27. The number of halogens is 3. The number of benzene rings is 2. The first-order chi connectivity index (χ1) is 9.10. The van der Waals surface area contributed by atoms with Gasteiger partial charge in [0.05, 0.1) is 0 Å². The molecule has 0 aromatic heterocycles. The summed E-state index contributed by atoms with van der Waals surface area (Å²) >= 11 is 6.76. The first kappa shape index (κ1) is 14.5. The lowest BCUT2D eigenvalue weighted by atomic mass is 10.1. The molecule has 0 saturated heterocycles. The van der Waals surface area contributed by atoms with Gasteiger partial charge < -0.3 is 4.74 Å². The highest BCUT2D eigenvalue weighted by Gasteiger charge is 2.07. The fourth-order valence-electron chi connectivity index (χ4n) is 1.76. The van der Waals surface area contributed by atoms with Gasteiger partial charge >= 0.3 is 0 Å². The molecule has 19 heavy (non-hydrogen) atoms. The first-order valence-electron chi connectivity index (χ1n) is 5.82. The van der Waals surface area contributed by atoms with E-state index in [1.807, 2.05) is 19.1 Å². The normalized spacial score (nSPS) is 10.5. The van der Waals surface area contributed by atoms with E-state index in [4.69, 9.17) is 4.74 Å². The van der Waals surface area contributed by atoms with Crippen LogP contribution in [-0.2, 0) is 11.9 Å². The molecule has 0 aliphatic heterocycles. The van der Waals surface area contributed by atoms with E-state index in [0.717, 1.165) is 15.8 Å². The highest BCUT2D eigenvalue weighted by molar-refractivity contribution is 9.10. The number of hydrogen-bond donors (Lipinski definition) is 0. The summed E-state index contributed by atoms with van der Waals surface area (Å²) in [5.41, 5.74) is 2.78. The Morgan fingerprint density at radius 3 is 2.63 bits per heavy atom. The van der Waals surface area contributed by atoms with Gasteiger partial charge in [-0.2, -0.15) is 0 Å². The predicted molar refractivity (Wildman–Crippen MR) is 82.2 cm³/mol. The number of ether oxygens (including phenoxy) is 1. The van der Waals surface area contributed by atoms with Gasteiger partial charge in [0.25, 0.3) is 0 Å². The molecule has 0 aliphatic carbocycles. The molecule has 0 bridgehead atoms. The van der Waals surface area contributed by atoms with Crippen molar-refractivity contribution < 1.29 is 9.13 Å². The van der Waals surface area contributed by atoms with Gasteiger partial charge in [0.1, 0.15) is 18.2 Å². The van der Waals surface area contributed by atoms with Crippen LogP contribution in [0, 0.1) is 12.7 Å². The summed E-state index contributed by atoms with van der Waals surface area (Å²) < 4.78 is 20.2. The summed E-state index contributed by atoms with van der Waals surface area (Å²) in [7, 11) is 0. The predicted octanol–water partition coefficient (Wildman–Crippen LogP) is 5.37. The standard InChI is InChI=1S/C15H13Br2FO/c1-10-2-5-15(11(6-10)8-16)19-9-12-7-13(17)3-4-14(12)18/h2-7H,8-9H2,1H3. The highest BCUT2D eigenvalue weighted by Crippen LogP contribution is 2.24. The number of hydrogen-bond acceptors (Lipinski definition) is 1. The molecule has 0 unspecified atom stereocenters. The maximum atomic E-state index is 13.6. The average molecular weight is 388 g/mol. The van der Waals surface area contributed by atoms with Gasteiger partial charge in [-0.25, -0.2) is 4.39 Å². The van der Waals surface area contributed by atoms with Gasteiger partial charge in [0.15, 0.2) is 0 Å². The molecule has 0 amide bonds. The molecule has 1 nitrogen and oxygen atoms in total. The smallest absolute Gasteiger partial charge is 0.129 e. The molecular formula is C15H13Br2FO. The Labute approximate surface area is 129 Å². The fourth-order valence-corrected chi connectivity index (χ4v) is 2.61. The van der Waals surface area contributed by atoms with E-state index < -0.39 is 0 Å². The van der Waals surface area contributed by atoms with Gasteiger partial charge in [0.2, 0.25) is 0 Å². The second kappa shape index (κ2) is 6.53. The lowest BCUT2D eigenvalue weighted by molar-refractivity contribution is 0.297. The molecule has 2 aromatic carbocycles. The number of rotatable bonds is 4. The third-order valence-electron chi connectivity index (χ3n) is 2.75. The SMILES string of the molecule is Cc1ccc(OCc2cc(Br)ccc2F)c(CBr)c1. The van der Waals surface area contributed by atoms with Gasteiger partial charge in [-0.1, -0.05) is 49.6 Å². The summed E-state index contributed by atoms with van der Waals surface area (Å²) in [6.07, 6.45) is 0.